The number of para-hydroxylation sites is 1. The van der Waals surface area contributed by atoms with Crippen LogP contribution in [0.5, 0.6) is 11.5 Å². The summed E-state index contributed by atoms with van der Waals surface area (Å²) in [6.07, 6.45) is 0. The molecule has 0 aromatic heterocycles. The molecular weight excluding hydrogens is 334 g/mol. The molecule has 0 bridgehead atoms. The second-order valence-electron chi connectivity index (χ2n) is 5.84. The number of likely N-dealkylation sites (N-methyl/N-ethyl adjacent to an activating group) is 1. The molecule has 0 heterocycles. The van der Waals surface area contributed by atoms with Crippen LogP contribution in [0.2, 0.25) is 0 Å². The van der Waals surface area contributed by atoms with Gasteiger partial charge >= 0.3 is 5.97 Å². The first-order valence-corrected chi connectivity index (χ1v) is 8.14. The molecule has 2 aromatic carbocycles. The summed E-state index contributed by atoms with van der Waals surface area (Å²) in [6, 6.07) is 12.7. The van der Waals surface area contributed by atoms with Gasteiger partial charge in [-0.25, -0.2) is 4.79 Å². The number of methoxy groups -OCH3 is 2. The van der Waals surface area contributed by atoms with Gasteiger partial charge in [0.15, 0.2) is 6.61 Å². The Bertz CT molecular complexity index is 788. The van der Waals surface area contributed by atoms with Crippen LogP contribution in [-0.4, -0.2) is 44.7 Å². The summed E-state index contributed by atoms with van der Waals surface area (Å²) in [4.78, 5) is 26.0. The molecule has 0 N–H and O–H groups in total. The fraction of sp³-hybridized carbons (Fsp3) is 0.300. The van der Waals surface area contributed by atoms with Crippen molar-refractivity contribution in [2.24, 2.45) is 0 Å². The third kappa shape index (κ3) is 4.75. The number of aryl methyl sites for hydroxylation is 1. The first-order chi connectivity index (χ1) is 12.5. The average molecular weight is 357 g/mol. The maximum atomic E-state index is 12.3. The highest BCUT2D eigenvalue weighted by molar-refractivity contribution is 5.94. The van der Waals surface area contributed by atoms with Crippen LogP contribution in [0, 0.1) is 6.92 Å². The molecule has 6 heteroatoms. The van der Waals surface area contributed by atoms with Crippen LogP contribution in [0.25, 0.3) is 0 Å². The van der Waals surface area contributed by atoms with Gasteiger partial charge in [0, 0.05) is 19.2 Å². The van der Waals surface area contributed by atoms with E-state index in [0.717, 1.165) is 11.1 Å². The minimum Gasteiger partial charge on any atom is -0.496 e. The van der Waals surface area contributed by atoms with Crippen molar-refractivity contribution in [1.82, 2.24) is 4.90 Å². The number of amides is 1. The van der Waals surface area contributed by atoms with Gasteiger partial charge in [-0.2, -0.15) is 0 Å². The Morgan fingerprint density at radius 2 is 1.69 bits per heavy atom. The molecule has 2 aromatic rings. The van der Waals surface area contributed by atoms with Crippen molar-refractivity contribution in [3.8, 4) is 11.5 Å². The van der Waals surface area contributed by atoms with Crippen molar-refractivity contribution >= 4 is 11.9 Å². The lowest BCUT2D eigenvalue weighted by Gasteiger charge is -2.19. The molecule has 6 nitrogen and oxygen atoms in total. The number of benzene rings is 2. The van der Waals surface area contributed by atoms with Gasteiger partial charge in [-0.05, 0) is 25.1 Å². The Labute approximate surface area is 153 Å². The summed E-state index contributed by atoms with van der Waals surface area (Å²) in [7, 11) is 4.71. The SMILES string of the molecule is COc1ccccc1CN(C)C(=O)COC(=O)c1cc(C)ccc1OC. The molecule has 0 aliphatic heterocycles. The minimum atomic E-state index is -0.593. The minimum absolute atomic E-state index is 0.299. The van der Waals surface area contributed by atoms with Crippen LogP contribution in [0.3, 0.4) is 0 Å². The molecule has 138 valence electrons. The highest BCUT2D eigenvalue weighted by Crippen LogP contribution is 2.21. The number of nitrogens with zero attached hydrogens (tertiary/aromatic N) is 1. The van der Waals surface area contributed by atoms with E-state index in [2.05, 4.69) is 0 Å². The lowest BCUT2D eigenvalue weighted by Crippen LogP contribution is -2.31. The van der Waals surface area contributed by atoms with Crippen molar-refractivity contribution in [3.63, 3.8) is 0 Å². The van der Waals surface area contributed by atoms with Crippen LogP contribution in [-0.2, 0) is 16.1 Å². The number of carbonyl (C=O) groups excluding carboxylic acids is 2. The molecule has 0 aliphatic carbocycles. The molecule has 26 heavy (non-hydrogen) atoms. The monoisotopic (exact) mass is 357 g/mol. The lowest BCUT2D eigenvalue weighted by molar-refractivity contribution is -0.133. The van der Waals surface area contributed by atoms with E-state index in [1.165, 1.54) is 12.0 Å². The highest BCUT2D eigenvalue weighted by atomic mass is 16.5. The lowest BCUT2D eigenvalue weighted by atomic mass is 10.1. The summed E-state index contributed by atoms with van der Waals surface area (Å²) in [5.41, 5.74) is 2.07. The standard InChI is InChI=1S/C20H23NO5/c1-14-9-10-18(25-4)16(11-14)20(23)26-13-19(22)21(2)12-15-7-5-6-8-17(15)24-3/h5-11H,12-13H2,1-4H3. The van der Waals surface area contributed by atoms with Gasteiger partial charge in [0.2, 0.25) is 0 Å². The molecule has 0 unspecified atom stereocenters. The van der Waals surface area contributed by atoms with Gasteiger partial charge in [0.25, 0.3) is 5.91 Å². The van der Waals surface area contributed by atoms with Gasteiger partial charge in [-0.15, -0.1) is 0 Å². The predicted octanol–water partition coefficient (Wildman–Crippen LogP) is 2.83. The predicted molar refractivity (Wildman–Crippen MR) is 97.5 cm³/mol. The van der Waals surface area contributed by atoms with E-state index >= 15 is 0 Å². The van der Waals surface area contributed by atoms with E-state index < -0.39 is 5.97 Å². The summed E-state index contributed by atoms with van der Waals surface area (Å²) in [5.74, 6) is 0.213. The van der Waals surface area contributed by atoms with Gasteiger partial charge in [-0.1, -0.05) is 29.8 Å². The number of rotatable bonds is 7. The highest BCUT2D eigenvalue weighted by Gasteiger charge is 2.18. The van der Waals surface area contributed by atoms with E-state index in [1.54, 1.807) is 26.3 Å². The molecule has 0 saturated heterocycles. The van der Waals surface area contributed by atoms with E-state index in [1.807, 2.05) is 37.3 Å². The normalized spacial score (nSPS) is 10.2. The second kappa shape index (κ2) is 8.89. The van der Waals surface area contributed by atoms with Crippen molar-refractivity contribution in [2.75, 3.05) is 27.9 Å². The maximum absolute atomic E-state index is 12.3. The summed E-state index contributed by atoms with van der Waals surface area (Å²) >= 11 is 0. The molecule has 1 amide bonds. The largest absolute Gasteiger partial charge is 0.496 e. The summed E-state index contributed by atoms with van der Waals surface area (Å²) in [5, 5.41) is 0. The molecule has 2 rings (SSSR count). The first-order valence-electron chi connectivity index (χ1n) is 8.14. The Morgan fingerprint density at radius 1 is 1.00 bits per heavy atom. The Morgan fingerprint density at radius 3 is 2.38 bits per heavy atom. The van der Waals surface area contributed by atoms with E-state index in [-0.39, 0.29) is 12.5 Å². The summed E-state index contributed by atoms with van der Waals surface area (Å²) in [6.45, 7) is 1.87. The quantitative estimate of drug-likeness (QED) is 0.713. The van der Waals surface area contributed by atoms with Gasteiger partial charge < -0.3 is 19.1 Å². The number of esters is 1. The second-order valence-corrected chi connectivity index (χ2v) is 5.84. The molecular formula is C20H23NO5. The van der Waals surface area contributed by atoms with Crippen LogP contribution in [0.4, 0.5) is 0 Å². The topological polar surface area (TPSA) is 65.1 Å². The van der Waals surface area contributed by atoms with Crippen molar-refractivity contribution in [2.45, 2.75) is 13.5 Å². The summed E-state index contributed by atoms with van der Waals surface area (Å²) < 4.78 is 15.6. The van der Waals surface area contributed by atoms with Crippen LogP contribution in [0.1, 0.15) is 21.5 Å². The van der Waals surface area contributed by atoms with Gasteiger partial charge in [0.1, 0.15) is 17.1 Å². The maximum Gasteiger partial charge on any atom is 0.342 e. The Kier molecular flexibility index (Phi) is 6.60. The van der Waals surface area contributed by atoms with E-state index in [0.29, 0.717) is 23.6 Å². The number of hydrogen-bond acceptors (Lipinski definition) is 5. The van der Waals surface area contributed by atoms with E-state index in [9.17, 15) is 9.59 Å². The Hall–Kier alpha value is -3.02. The average Bonchev–Trinajstić information content (AvgIpc) is 2.66. The molecule has 0 atom stereocenters. The number of ether oxygens (including phenoxy) is 3. The zero-order valence-electron chi connectivity index (χ0n) is 15.4. The smallest absolute Gasteiger partial charge is 0.342 e. The third-order valence-corrected chi connectivity index (χ3v) is 3.93. The van der Waals surface area contributed by atoms with Gasteiger partial charge in [-0.3, -0.25) is 4.79 Å². The zero-order valence-corrected chi connectivity index (χ0v) is 15.4. The molecule has 0 saturated carbocycles. The molecule has 0 aliphatic rings. The van der Waals surface area contributed by atoms with Crippen LogP contribution < -0.4 is 9.47 Å². The number of hydrogen-bond donors (Lipinski definition) is 0. The van der Waals surface area contributed by atoms with Crippen molar-refractivity contribution in [1.29, 1.82) is 0 Å². The Balaban J connectivity index is 1.97. The third-order valence-electron chi connectivity index (χ3n) is 3.93. The molecule has 0 spiro atoms. The first kappa shape index (κ1) is 19.3. The zero-order chi connectivity index (χ0) is 19.1. The molecule has 0 fully saturated rings. The van der Waals surface area contributed by atoms with Crippen molar-refractivity contribution in [3.05, 3.63) is 59.2 Å². The van der Waals surface area contributed by atoms with Crippen LogP contribution >= 0.6 is 0 Å². The van der Waals surface area contributed by atoms with Gasteiger partial charge in [0.05, 0.1) is 14.2 Å². The number of carbonyl (C=O) groups is 2. The fourth-order valence-electron chi connectivity index (χ4n) is 2.47. The van der Waals surface area contributed by atoms with Crippen molar-refractivity contribution < 1.29 is 23.8 Å². The van der Waals surface area contributed by atoms with Crippen LogP contribution in [0.15, 0.2) is 42.5 Å². The molecule has 0 radical (unpaired) electrons. The van der Waals surface area contributed by atoms with E-state index in [4.69, 9.17) is 14.2 Å². The fourth-order valence-corrected chi connectivity index (χ4v) is 2.47.